The molecule has 0 radical (unpaired) electrons. The second-order valence-electron chi connectivity index (χ2n) is 8.13. The van der Waals surface area contributed by atoms with Crippen LogP contribution in [-0.4, -0.2) is 75.9 Å². The molecule has 11 heteroatoms. The topological polar surface area (TPSA) is 62.3 Å². The third-order valence-corrected chi connectivity index (χ3v) is 8.31. The fraction of sp³-hybridized carbons (Fsp3) is 0.684. The van der Waals surface area contributed by atoms with Crippen LogP contribution in [0, 0.1) is 5.41 Å². The van der Waals surface area contributed by atoms with E-state index in [2.05, 4.69) is 9.64 Å². The van der Waals surface area contributed by atoms with E-state index in [1.807, 2.05) is 0 Å². The van der Waals surface area contributed by atoms with Gasteiger partial charge in [-0.15, -0.1) is 13.2 Å². The molecule has 0 amide bonds. The van der Waals surface area contributed by atoms with Gasteiger partial charge in [-0.2, -0.15) is 17.0 Å². The van der Waals surface area contributed by atoms with Gasteiger partial charge in [0.05, 0.1) is 13.2 Å². The molecule has 168 valence electrons. The van der Waals surface area contributed by atoms with Gasteiger partial charge in [0, 0.05) is 45.0 Å². The summed E-state index contributed by atoms with van der Waals surface area (Å²) >= 11 is 0. The van der Waals surface area contributed by atoms with Crippen molar-refractivity contribution in [3.05, 3.63) is 24.3 Å². The minimum Gasteiger partial charge on any atom is -0.406 e. The molecule has 0 aliphatic carbocycles. The summed E-state index contributed by atoms with van der Waals surface area (Å²) in [5, 5.41) is 0. The van der Waals surface area contributed by atoms with Crippen molar-refractivity contribution in [2.45, 2.75) is 25.6 Å². The molecule has 0 aromatic heterocycles. The van der Waals surface area contributed by atoms with Crippen molar-refractivity contribution in [2.24, 2.45) is 5.41 Å². The zero-order chi connectivity index (χ0) is 21.4. The Morgan fingerprint density at radius 3 is 2.07 bits per heavy atom. The second-order valence-corrected chi connectivity index (χ2v) is 10.1. The zero-order valence-corrected chi connectivity index (χ0v) is 17.4. The van der Waals surface area contributed by atoms with Gasteiger partial charge in [-0.05, 0) is 48.9 Å². The van der Waals surface area contributed by atoms with Gasteiger partial charge in [-0.3, -0.25) is 0 Å². The summed E-state index contributed by atoms with van der Waals surface area (Å²) in [6, 6.07) is 5.92. The lowest BCUT2D eigenvalue weighted by atomic mass is 9.78. The van der Waals surface area contributed by atoms with E-state index >= 15 is 0 Å². The molecule has 1 aromatic carbocycles. The van der Waals surface area contributed by atoms with E-state index in [9.17, 15) is 21.6 Å². The van der Waals surface area contributed by atoms with E-state index in [-0.39, 0.29) is 11.2 Å². The first-order valence-electron chi connectivity index (χ1n) is 10.1. The minimum absolute atomic E-state index is 0.0399. The summed E-state index contributed by atoms with van der Waals surface area (Å²) in [6.07, 6.45) is -2.20. The van der Waals surface area contributed by atoms with E-state index in [0.717, 1.165) is 38.0 Å². The Balaban J connectivity index is 1.34. The number of morpholine rings is 1. The summed E-state index contributed by atoms with van der Waals surface area (Å²) in [4.78, 5) is 2.16. The van der Waals surface area contributed by atoms with Gasteiger partial charge >= 0.3 is 6.36 Å². The highest BCUT2D eigenvalue weighted by Crippen LogP contribution is 2.42. The molecule has 30 heavy (non-hydrogen) atoms. The largest absolute Gasteiger partial charge is 0.573 e. The Morgan fingerprint density at radius 2 is 1.47 bits per heavy atom. The first kappa shape index (κ1) is 21.7. The summed E-state index contributed by atoms with van der Waals surface area (Å²) in [5.41, 5.74) is 0.891. The minimum atomic E-state index is -4.70. The average molecular weight is 449 g/mol. The van der Waals surface area contributed by atoms with Gasteiger partial charge in [-0.1, -0.05) is 0 Å². The first-order valence-corrected chi connectivity index (χ1v) is 11.5. The molecule has 1 spiro atoms. The molecule has 3 saturated heterocycles. The fourth-order valence-electron chi connectivity index (χ4n) is 4.55. The van der Waals surface area contributed by atoms with Crippen LogP contribution in [0.3, 0.4) is 0 Å². The number of piperidine rings is 1. The van der Waals surface area contributed by atoms with Gasteiger partial charge in [0.1, 0.15) is 5.75 Å². The molecule has 3 fully saturated rings. The van der Waals surface area contributed by atoms with Crippen LogP contribution in [0.2, 0.25) is 0 Å². The molecule has 0 N–H and O–H groups in total. The number of benzene rings is 1. The predicted molar refractivity (Wildman–Crippen MR) is 105 cm³/mol. The van der Waals surface area contributed by atoms with Crippen LogP contribution in [0.1, 0.15) is 19.3 Å². The highest BCUT2D eigenvalue weighted by molar-refractivity contribution is 7.86. The van der Waals surface area contributed by atoms with E-state index in [1.54, 1.807) is 16.4 Å². The molecular weight excluding hydrogens is 423 g/mol. The van der Waals surface area contributed by atoms with E-state index < -0.39 is 16.6 Å². The smallest absolute Gasteiger partial charge is 0.406 e. The lowest BCUT2D eigenvalue weighted by Gasteiger charge is -2.40. The predicted octanol–water partition coefficient (Wildman–Crippen LogP) is 2.45. The maximum Gasteiger partial charge on any atom is 0.573 e. The molecule has 3 heterocycles. The molecule has 0 bridgehead atoms. The second kappa shape index (κ2) is 8.18. The number of alkyl halides is 3. The van der Waals surface area contributed by atoms with Crippen LogP contribution in [0.25, 0.3) is 0 Å². The monoisotopic (exact) mass is 449 g/mol. The van der Waals surface area contributed by atoms with Gasteiger partial charge < -0.3 is 14.4 Å². The average Bonchev–Trinajstić information content (AvgIpc) is 3.12. The highest BCUT2D eigenvalue weighted by atomic mass is 32.2. The number of rotatable bonds is 4. The number of ether oxygens (including phenoxy) is 2. The van der Waals surface area contributed by atoms with Gasteiger partial charge in [0.25, 0.3) is 10.2 Å². The molecule has 4 rings (SSSR count). The summed E-state index contributed by atoms with van der Waals surface area (Å²) in [5.74, 6) is -0.234. The number of hydrogen-bond acceptors (Lipinski definition) is 5. The molecule has 0 saturated carbocycles. The Kier molecular flexibility index (Phi) is 5.90. The molecule has 0 atom stereocenters. The third-order valence-electron chi connectivity index (χ3n) is 6.28. The van der Waals surface area contributed by atoms with Crippen LogP contribution in [-0.2, 0) is 14.9 Å². The van der Waals surface area contributed by atoms with Crippen molar-refractivity contribution >= 4 is 15.9 Å². The third kappa shape index (κ3) is 4.68. The van der Waals surface area contributed by atoms with Crippen molar-refractivity contribution in [2.75, 3.05) is 57.4 Å². The molecule has 0 unspecified atom stereocenters. The molecule has 1 aromatic rings. The fourth-order valence-corrected chi connectivity index (χ4v) is 6.14. The lowest BCUT2D eigenvalue weighted by molar-refractivity contribution is -0.274. The van der Waals surface area contributed by atoms with Crippen LogP contribution >= 0.6 is 0 Å². The van der Waals surface area contributed by atoms with E-state index in [4.69, 9.17) is 4.74 Å². The maximum absolute atomic E-state index is 12.9. The molecule has 3 aliphatic heterocycles. The van der Waals surface area contributed by atoms with Crippen LogP contribution in [0.5, 0.6) is 5.75 Å². The zero-order valence-electron chi connectivity index (χ0n) is 16.6. The Labute approximate surface area is 174 Å². The lowest BCUT2D eigenvalue weighted by Crippen LogP contribution is -2.52. The Morgan fingerprint density at radius 1 is 0.900 bits per heavy atom. The molecule has 7 nitrogen and oxygen atoms in total. The van der Waals surface area contributed by atoms with Crippen molar-refractivity contribution in [1.29, 1.82) is 0 Å². The maximum atomic E-state index is 12.9. The van der Waals surface area contributed by atoms with Gasteiger partial charge in [0.2, 0.25) is 0 Å². The summed E-state index contributed by atoms with van der Waals surface area (Å²) in [7, 11) is -3.45. The van der Waals surface area contributed by atoms with Gasteiger partial charge in [0.15, 0.2) is 0 Å². The van der Waals surface area contributed by atoms with Crippen molar-refractivity contribution in [3.63, 3.8) is 0 Å². The van der Waals surface area contributed by atoms with Crippen LogP contribution in [0.15, 0.2) is 24.3 Å². The highest BCUT2D eigenvalue weighted by Gasteiger charge is 2.44. The normalized spacial score (nSPS) is 23.8. The Hall–Kier alpha value is -1.56. The van der Waals surface area contributed by atoms with E-state index in [1.165, 1.54) is 16.4 Å². The van der Waals surface area contributed by atoms with Crippen LogP contribution in [0.4, 0.5) is 18.9 Å². The standard InChI is InChI=1S/C19H26F3N3O4S/c20-19(21,22)29-17-3-1-16(2-4-17)23-8-5-18(15-23)6-9-24(10-7-18)30(26,27)25-11-13-28-14-12-25/h1-4H,5-15H2. The quantitative estimate of drug-likeness (QED) is 0.707. The molecule has 3 aliphatic rings. The molecular formula is C19H26F3N3O4S. The summed E-state index contributed by atoms with van der Waals surface area (Å²) < 4.78 is 74.9. The van der Waals surface area contributed by atoms with Crippen molar-refractivity contribution < 1.29 is 31.1 Å². The number of nitrogens with zero attached hydrogens (tertiary/aromatic N) is 3. The Bertz CT molecular complexity index is 834. The number of anilines is 1. The van der Waals surface area contributed by atoms with Crippen molar-refractivity contribution in [3.8, 4) is 5.75 Å². The summed E-state index contributed by atoms with van der Waals surface area (Å²) in [6.45, 7) is 4.21. The van der Waals surface area contributed by atoms with Gasteiger partial charge in [-0.25, -0.2) is 0 Å². The first-order chi connectivity index (χ1) is 14.2. The van der Waals surface area contributed by atoms with Crippen molar-refractivity contribution in [1.82, 2.24) is 8.61 Å². The van der Waals surface area contributed by atoms with Crippen LogP contribution < -0.4 is 9.64 Å². The van der Waals surface area contributed by atoms with E-state index in [0.29, 0.717) is 39.4 Å². The SMILES string of the molecule is O=S(=O)(N1CCOCC1)N1CCC2(CCN(c3ccc(OC(F)(F)F)cc3)C2)CC1. The number of hydrogen-bond donors (Lipinski definition) is 0. The number of halogens is 3.